The van der Waals surface area contributed by atoms with E-state index in [1.807, 2.05) is 36.4 Å². The van der Waals surface area contributed by atoms with Gasteiger partial charge in [-0.15, -0.1) is 0 Å². The maximum absolute atomic E-state index is 12.0. The van der Waals surface area contributed by atoms with E-state index in [0.717, 1.165) is 12.8 Å². The zero-order valence-electron chi connectivity index (χ0n) is 13.1. The first-order chi connectivity index (χ1) is 11.2. The lowest BCUT2D eigenvalue weighted by atomic mass is 9.96. The first kappa shape index (κ1) is 15.5. The summed E-state index contributed by atoms with van der Waals surface area (Å²) in [4.78, 5) is 24.0. The molecule has 23 heavy (non-hydrogen) atoms. The molecular formula is C20H21NO2. The summed E-state index contributed by atoms with van der Waals surface area (Å²) in [6.07, 6.45) is 2.73. The van der Waals surface area contributed by atoms with Gasteiger partial charge in [-0.25, -0.2) is 0 Å². The van der Waals surface area contributed by atoms with Gasteiger partial charge in [0.2, 0.25) is 5.91 Å². The Bertz CT molecular complexity index is 675. The normalized spacial score (nSPS) is 15.0. The first-order valence-corrected chi connectivity index (χ1v) is 8.10. The number of benzene rings is 2. The molecule has 0 aromatic heterocycles. The monoisotopic (exact) mass is 307 g/mol. The summed E-state index contributed by atoms with van der Waals surface area (Å²) in [6, 6.07) is 19.5. The average Bonchev–Trinajstić information content (AvgIpc) is 3.41. The van der Waals surface area contributed by atoms with E-state index >= 15 is 0 Å². The molecule has 2 aromatic rings. The zero-order valence-corrected chi connectivity index (χ0v) is 13.1. The van der Waals surface area contributed by atoms with Crippen LogP contribution >= 0.6 is 0 Å². The lowest BCUT2D eigenvalue weighted by molar-refractivity contribution is -0.121. The van der Waals surface area contributed by atoms with Gasteiger partial charge in [0.1, 0.15) is 0 Å². The Hall–Kier alpha value is -2.42. The van der Waals surface area contributed by atoms with Crippen LogP contribution in [0.5, 0.6) is 0 Å². The minimum absolute atomic E-state index is 0.0185. The van der Waals surface area contributed by atoms with Gasteiger partial charge < -0.3 is 5.32 Å². The molecule has 2 aromatic carbocycles. The van der Waals surface area contributed by atoms with Crippen molar-refractivity contribution in [1.29, 1.82) is 0 Å². The van der Waals surface area contributed by atoms with Crippen LogP contribution < -0.4 is 5.32 Å². The fourth-order valence-corrected chi connectivity index (χ4v) is 2.86. The van der Waals surface area contributed by atoms with Crippen LogP contribution in [0.3, 0.4) is 0 Å². The fourth-order valence-electron chi connectivity index (χ4n) is 2.86. The van der Waals surface area contributed by atoms with E-state index in [-0.39, 0.29) is 29.9 Å². The van der Waals surface area contributed by atoms with Crippen molar-refractivity contribution in [3.63, 3.8) is 0 Å². The molecule has 118 valence electrons. The summed E-state index contributed by atoms with van der Waals surface area (Å²) in [5, 5.41) is 3.00. The van der Waals surface area contributed by atoms with E-state index in [1.165, 1.54) is 5.56 Å². The van der Waals surface area contributed by atoms with Crippen molar-refractivity contribution in [2.24, 2.45) is 0 Å². The Morgan fingerprint density at radius 2 is 1.48 bits per heavy atom. The van der Waals surface area contributed by atoms with Gasteiger partial charge in [0.25, 0.3) is 0 Å². The molecule has 1 amide bonds. The Kier molecular flexibility index (Phi) is 4.56. The minimum Gasteiger partial charge on any atom is -0.355 e. The minimum atomic E-state index is -0.0449. The third-order valence-electron chi connectivity index (χ3n) is 4.54. The maximum atomic E-state index is 12.0. The van der Waals surface area contributed by atoms with Gasteiger partial charge >= 0.3 is 0 Å². The van der Waals surface area contributed by atoms with E-state index in [4.69, 9.17) is 0 Å². The van der Waals surface area contributed by atoms with Crippen molar-refractivity contribution in [2.45, 2.75) is 31.1 Å². The lowest BCUT2D eigenvalue weighted by Crippen LogP contribution is -2.32. The third-order valence-corrected chi connectivity index (χ3v) is 4.54. The highest BCUT2D eigenvalue weighted by molar-refractivity contribution is 5.97. The summed E-state index contributed by atoms with van der Waals surface area (Å²) < 4.78 is 0. The van der Waals surface area contributed by atoms with Crippen molar-refractivity contribution in [2.75, 3.05) is 6.54 Å². The molecule has 0 atom stereocenters. The highest BCUT2D eigenvalue weighted by atomic mass is 16.2. The standard InChI is InChI=1S/C20H21NO2/c22-18(16-7-3-1-4-8-16)11-12-19(23)21-15-20(13-14-20)17-9-5-2-6-10-17/h1-10H,11-15H2,(H,21,23). The van der Waals surface area contributed by atoms with Crippen LogP contribution in [-0.2, 0) is 10.2 Å². The quantitative estimate of drug-likeness (QED) is 0.796. The summed E-state index contributed by atoms with van der Waals surface area (Å²) in [7, 11) is 0. The third kappa shape index (κ3) is 3.86. The Morgan fingerprint density at radius 3 is 2.09 bits per heavy atom. The molecule has 0 bridgehead atoms. The van der Waals surface area contributed by atoms with Gasteiger partial charge in [-0.1, -0.05) is 60.7 Å². The summed E-state index contributed by atoms with van der Waals surface area (Å²) in [5.41, 5.74) is 2.07. The number of hydrogen-bond donors (Lipinski definition) is 1. The topological polar surface area (TPSA) is 46.2 Å². The van der Waals surface area contributed by atoms with Gasteiger partial charge in [0.05, 0.1) is 0 Å². The molecule has 3 nitrogen and oxygen atoms in total. The van der Waals surface area contributed by atoms with Crippen molar-refractivity contribution in [3.05, 3.63) is 71.8 Å². The average molecular weight is 307 g/mol. The maximum Gasteiger partial charge on any atom is 0.220 e. The molecule has 0 saturated heterocycles. The van der Waals surface area contributed by atoms with E-state index in [9.17, 15) is 9.59 Å². The van der Waals surface area contributed by atoms with Crippen LogP contribution in [0.4, 0.5) is 0 Å². The molecular weight excluding hydrogens is 286 g/mol. The number of carbonyl (C=O) groups excluding carboxylic acids is 2. The Balaban J connectivity index is 1.46. The van der Waals surface area contributed by atoms with Crippen molar-refractivity contribution in [3.8, 4) is 0 Å². The molecule has 0 unspecified atom stereocenters. The molecule has 1 fully saturated rings. The van der Waals surface area contributed by atoms with Gasteiger partial charge in [-0.05, 0) is 18.4 Å². The van der Waals surface area contributed by atoms with Crippen LogP contribution in [-0.4, -0.2) is 18.2 Å². The molecule has 3 rings (SSSR count). The first-order valence-electron chi connectivity index (χ1n) is 8.10. The van der Waals surface area contributed by atoms with Crippen LogP contribution in [0.15, 0.2) is 60.7 Å². The van der Waals surface area contributed by atoms with Crippen molar-refractivity contribution >= 4 is 11.7 Å². The zero-order chi connectivity index (χ0) is 16.1. The predicted molar refractivity (Wildman–Crippen MR) is 90.4 cm³/mol. The number of hydrogen-bond acceptors (Lipinski definition) is 2. The van der Waals surface area contributed by atoms with Crippen LogP contribution in [0.25, 0.3) is 0 Å². The molecule has 0 spiro atoms. The molecule has 0 aliphatic heterocycles. The lowest BCUT2D eigenvalue weighted by Gasteiger charge is -2.16. The molecule has 0 heterocycles. The highest BCUT2D eigenvalue weighted by Gasteiger charge is 2.44. The van der Waals surface area contributed by atoms with E-state index < -0.39 is 0 Å². The van der Waals surface area contributed by atoms with Gasteiger partial charge in [0, 0.05) is 30.4 Å². The fraction of sp³-hybridized carbons (Fsp3) is 0.300. The smallest absolute Gasteiger partial charge is 0.220 e. The SMILES string of the molecule is O=C(CCC(=O)c1ccccc1)NCC1(c2ccccc2)CC1. The molecule has 0 radical (unpaired) electrons. The second-order valence-electron chi connectivity index (χ2n) is 6.21. The second-order valence-corrected chi connectivity index (χ2v) is 6.21. The summed E-state index contributed by atoms with van der Waals surface area (Å²) in [6.45, 7) is 0.662. The van der Waals surface area contributed by atoms with Crippen molar-refractivity contribution in [1.82, 2.24) is 5.32 Å². The van der Waals surface area contributed by atoms with Gasteiger partial charge in [-0.2, -0.15) is 0 Å². The Labute approximate surface area is 136 Å². The second kappa shape index (κ2) is 6.78. The van der Waals surface area contributed by atoms with E-state index in [0.29, 0.717) is 12.1 Å². The van der Waals surface area contributed by atoms with Crippen molar-refractivity contribution < 1.29 is 9.59 Å². The highest BCUT2D eigenvalue weighted by Crippen LogP contribution is 2.47. The molecule has 3 heteroatoms. The Morgan fingerprint density at radius 1 is 0.870 bits per heavy atom. The molecule has 1 saturated carbocycles. The van der Waals surface area contributed by atoms with Crippen LogP contribution in [0.1, 0.15) is 41.6 Å². The van der Waals surface area contributed by atoms with Gasteiger partial charge in [0.15, 0.2) is 5.78 Å². The summed E-state index contributed by atoms with van der Waals surface area (Å²) >= 11 is 0. The number of rotatable bonds is 7. The number of amides is 1. The summed E-state index contributed by atoms with van der Waals surface area (Å²) in [5.74, 6) is -0.0265. The number of carbonyl (C=O) groups is 2. The molecule has 1 aliphatic rings. The van der Waals surface area contributed by atoms with E-state index in [2.05, 4.69) is 17.4 Å². The van der Waals surface area contributed by atoms with Gasteiger partial charge in [-0.3, -0.25) is 9.59 Å². The number of ketones is 1. The van der Waals surface area contributed by atoms with Crippen LogP contribution in [0, 0.1) is 0 Å². The van der Waals surface area contributed by atoms with E-state index in [1.54, 1.807) is 12.1 Å². The number of nitrogens with one attached hydrogen (secondary N) is 1. The van der Waals surface area contributed by atoms with Crippen LogP contribution in [0.2, 0.25) is 0 Å². The predicted octanol–water partition coefficient (Wildman–Crippen LogP) is 3.50. The molecule has 1 N–H and O–H groups in total. The number of Topliss-reactive ketones (excluding diaryl/α,β-unsaturated/α-hetero) is 1. The largest absolute Gasteiger partial charge is 0.355 e. The molecule has 1 aliphatic carbocycles.